The summed E-state index contributed by atoms with van der Waals surface area (Å²) in [5, 5.41) is 9.81. The number of rotatable bonds is 4. The average Bonchev–Trinajstić information content (AvgIpc) is 2.92. The molecule has 0 saturated carbocycles. The first-order valence-electron chi connectivity index (χ1n) is 5.33. The van der Waals surface area contributed by atoms with E-state index in [-0.39, 0.29) is 17.3 Å². The van der Waals surface area contributed by atoms with E-state index in [1.807, 2.05) is 0 Å². The molecule has 0 spiro atoms. The molecule has 18 heavy (non-hydrogen) atoms. The minimum Gasteiger partial charge on any atom is -0.507 e. The lowest BCUT2D eigenvalue weighted by Crippen LogP contribution is -1.94. The number of ether oxygens (including phenoxy) is 1. The lowest BCUT2D eigenvalue weighted by atomic mass is 10.1. The maximum Gasteiger partial charge on any atom is 0.224 e. The Morgan fingerprint density at radius 2 is 2.00 bits per heavy atom. The number of hydrogen-bond donors (Lipinski definition) is 1. The lowest BCUT2D eigenvalue weighted by molar-refractivity contribution is 0.102. The summed E-state index contributed by atoms with van der Waals surface area (Å²) in [5.74, 6) is 0.381. The van der Waals surface area contributed by atoms with Gasteiger partial charge in [-0.05, 0) is 36.4 Å². The van der Waals surface area contributed by atoms with E-state index in [1.165, 1.54) is 6.26 Å². The molecule has 1 aromatic heterocycles. The van der Waals surface area contributed by atoms with E-state index in [4.69, 9.17) is 9.15 Å². The topological polar surface area (TPSA) is 59.7 Å². The molecule has 0 aliphatic carbocycles. The number of carbonyl (C=O) groups is 1. The van der Waals surface area contributed by atoms with Gasteiger partial charge < -0.3 is 14.3 Å². The zero-order valence-corrected chi connectivity index (χ0v) is 9.79. The third kappa shape index (κ3) is 2.60. The van der Waals surface area contributed by atoms with Crippen LogP contribution >= 0.6 is 0 Å². The van der Waals surface area contributed by atoms with E-state index < -0.39 is 0 Å². The SMILES string of the molecule is COc1ccc(/C(O)=C/C(=O)c2ccco2)cc1. The molecule has 0 fully saturated rings. The number of methoxy groups -OCH3 is 1. The van der Waals surface area contributed by atoms with Crippen molar-refractivity contribution in [2.75, 3.05) is 7.11 Å². The summed E-state index contributed by atoms with van der Waals surface area (Å²) < 4.78 is 9.95. The molecule has 0 saturated heterocycles. The van der Waals surface area contributed by atoms with Crippen LogP contribution in [0.15, 0.2) is 53.2 Å². The number of benzene rings is 1. The second kappa shape index (κ2) is 5.23. The fourth-order valence-corrected chi connectivity index (χ4v) is 1.46. The van der Waals surface area contributed by atoms with Gasteiger partial charge in [0, 0.05) is 11.6 Å². The third-order valence-corrected chi connectivity index (χ3v) is 2.42. The van der Waals surface area contributed by atoms with Gasteiger partial charge in [-0.2, -0.15) is 0 Å². The van der Waals surface area contributed by atoms with Gasteiger partial charge in [-0.25, -0.2) is 0 Å². The van der Waals surface area contributed by atoms with E-state index in [9.17, 15) is 9.90 Å². The van der Waals surface area contributed by atoms with Crippen LogP contribution in [0, 0.1) is 0 Å². The van der Waals surface area contributed by atoms with Crippen molar-refractivity contribution in [3.8, 4) is 5.75 Å². The van der Waals surface area contributed by atoms with Crippen molar-refractivity contribution in [3.05, 3.63) is 60.1 Å². The molecule has 1 aromatic carbocycles. The van der Waals surface area contributed by atoms with Crippen molar-refractivity contribution in [2.45, 2.75) is 0 Å². The van der Waals surface area contributed by atoms with Crippen molar-refractivity contribution in [1.29, 1.82) is 0 Å². The van der Waals surface area contributed by atoms with Crippen LogP contribution in [-0.4, -0.2) is 18.0 Å². The van der Waals surface area contributed by atoms with Crippen LogP contribution in [0.4, 0.5) is 0 Å². The highest BCUT2D eigenvalue weighted by molar-refractivity contribution is 6.05. The summed E-state index contributed by atoms with van der Waals surface area (Å²) in [6.45, 7) is 0. The maximum absolute atomic E-state index is 11.7. The predicted octanol–water partition coefficient (Wildman–Crippen LogP) is 3.07. The summed E-state index contributed by atoms with van der Waals surface area (Å²) in [7, 11) is 1.56. The maximum atomic E-state index is 11.7. The standard InChI is InChI=1S/C14H12O4/c1-17-11-6-4-10(5-7-11)12(15)9-13(16)14-3-2-8-18-14/h2-9,15H,1H3/b12-9-. The van der Waals surface area contributed by atoms with Gasteiger partial charge in [0.15, 0.2) is 5.76 Å². The third-order valence-electron chi connectivity index (χ3n) is 2.42. The Labute approximate surface area is 104 Å². The van der Waals surface area contributed by atoms with Crippen LogP contribution in [0.2, 0.25) is 0 Å². The number of aliphatic hydroxyl groups is 1. The first-order chi connectivity index (χ1) is 8.70. The molecular weight excluding hydrogens is 232 g/mol. The Balaban J connectivity index is 2.19. The van der Waals surface area contributed by atoms with Gasteiger partial charge in [0.05, 0.1) is 13.4 Å². The van der Waals surface area contributed by atoms with Crippen molar-refractivity contribution >= 4 is 11.5 Å². The highest BCUT2D eigenvalue weighted by Gasteiger charge is 2.08. The largest absolute Gasteiger partial charge is 0.507 e. The monoisotopic (exact) mass is 244 g/mol. The van der Waals surface area contributed by atoms with Gasteiger partial charge in [-0.3, -0.25) is 4.79 Å². The van der Waals surface area contributed by atoms with Gasteiger partial charge in [0.2, 0.25) is 5.78 Å². The number of furan rings is 1. The Morgan fingerprint density at radius 3 is 2.56 bits per heavy atom. The number of aliphatic hydroxyl groups excluding tert-OH is 1. The van der Waals surface area contributed by atoms with Gasteiger partial charge >= 0.3 is 0 Å². The molecule has 92 valence electrons. The smallest absolute Gasteiger partial charge is 0.224 e. The molecular formula is C14H12O4. The molecule has 1 N–H and O–H groups in total. The zero-order valence-electron chi connectivity index (χ0n) is 9.79. The molecule has 0 aliphatic rings. The second-order valence-electron chi connectivity index (χ2n) is 3.60. The average molecular weight is 244 g/mol. The van der Waals surface area contributed by atoms with Crippen LogP contribution in [0.25, 0.3) is 5.76 Å². The van der Waals surface area contributed by atoms with E-state index in [1.54, 1.807) is 43.5 Å². The van der Waals surface area contributed by atoms with E-state index >= 15 is 0 Å². The van der Waals surface area contributed by atoms with E-state index in [2.05, 4.69) is 0 Å². The second-order valence-corrected chi connectivity index (χ2v) is 3.60. The zero-order chi connectivity index (χ0) is 13.0. The molecule has 2 aromatic rings. The van der Waals surface area contributed by atoms with Crippen LogP contribution in [0.3, 0.4) is 0 Å². The number of carbonyl (C=O) groups excluding carboxylic acids is 1. The molecule has 2 rings (SSSR count). The van der Waals surface area contributed by atoms with Crippen molar-refractivity contribution in [1.82, 2.24) is 0 Å². The highest BCUT2D eigenvalue weighted by Crippen LogP contribution is 2.17. The fourth-order valence-electron chi connectivity index (χ4n) is 1.46. The molecule has 0 bridgehead atoms. The lowest BCUT2D eigenvalue weighted by Gasteiger charge is -2.02. The normalized spacial score (nSPS) is 11.3. The summed E-state index contributed by atoms with van der Waals surface area (Å²) in [4.78, 5) is 11.7. The van der Waals surface area contributed by atoms with Crippen LogP contribution in [0.5, 0.6) is 5.75 Å². The first kappa shape index (κ1) is 12.0. The summed E-state index contributed by atoms with van der Waals surface area (Å²) in [6, 6.07) is 9.90. The Hall–Kier alpha value is -2.49. The quantitative estimate of drug-likeness (QED) is 0.510. The molecule has 0 atom stereocenters. The molecule has 0 aliphatic heterocycles. The molecule has 4 nitrogen and oxygen atoms in total. The highest BCUT2D eigenvalue weighted by atomic mass is 16.5. The van der Waals surface area contributed by atoms with Crippen LogP contribution in [0.1, 0.15) is 16.1 Å². The number of ketones is 1. The summed E-state index contributed by atoms with van der Waals surface area (Å²) in [6.07, 6.45) is 2.53. The fraction of sp³-hybridized carbons (Fsp3) is 0.0714. The summed E-state index contributed by atoms with van der Waals surface area (Å²) >= 11 is 0. The van der Waals surface area contributed by atoms with E-state index in [0.717, 1.165) is 6.08 Å². The number of hydrogen-bond acceptors (Lipinski definition) is 4. The van der Waals surface area contributed by atoms with Crippen LogP contribution < -0.4 is 4.74 Å². The minimum absolute atomic E-state index is 0.112. The van der Waals surface area contributed by atoms with Crippen molar-refractivity contribution < 1.29 is 19.1 Å². The Morgan fingerprint density at radius 1 is 1.28 bits per heavy atom. The molecule has 4 heteroatoms. The predicted molar refractivity (Wildman–Crippen MR) is 66.6 cm³/mol. The van der Waals surface area contributed by atoms with Crippen molar-refractivity contribution in [3.63, 3.8) is 0 Å². The Bertz CT molecular complexity index is 550. The van der Waals surface area contributed by atoms with Crippen molar-refractivity contribution in [2.24, 2.45) is 0 Å². The Kier molecular flexibility index (Phi) is 3.48. The van der Waals surface area contributed by atoms with Gasteiger partial charge in [0.25, 0.3) is 0 Å². The molecule has 0 unspecified atom stereocenters. The summed E-state index contributed by atoms with van der Waals surface area (Å²) in [5.41, 5.74) is 0.538. The first-order valence-corrected chi connectivity index (χ1v) is 5.33. The van der Waals surface area contributed by atoms with Gasteiger partial charge in [0.1, 0.15) is 11.5 Å². The van der Waals surface area contributed by atoms with Crippen LogP contribution in [-0.2, 0) is 0 Å². The molecule has 1 heterocycles. The van der Waals surface area contributed by atoms with Gasteiger partial charge in [-0.15, -0.1) is 0 Å². The molecule has 0 amide bonds. The minimum atomic E-state index is -0.381. The van der Waals surface area contributed by atoms with Gasteiger partial charge in [-0.1, -0.05) is 0 Å². The van der Waals surface area contributed by atoms with E-state index in [0.29, 0.717) is 11.3 Å². The molecule has 0 radical (unpaired) electrons. The number of allylic oxidation sites excluding steroid dienone is 1.